The van der Waals surface area contributed by atoms with Crippen LogP contribution in [0, 0.1) is 11.8 Å². The van der Waals surface area contributed by atoms with Crippen LogP contribution >= 0.6 is 11.8 Å². The monoisotopic (exact) mass is 516 g/mol. The summed E-state index contributed by atoms with van der Waals surface area (Å²) >= 11 is 1.36. The number of amides is 5. The number of hydrogen-bond donors (Lipinski definition) is 3. The third-order valence-electron chi connectivity index (χ3n) is 7.03. The van der Waals surface area contributed by atoms with Gasteiger partial charge in [0, 0.05) is 35.5 Å². The Morgan fingerprint density at radius 2 is 1.78 bits per heavy atom. The van der Waals surface area contributed by atoms with Crippen LogP contribution in [0.4, 0.5) is 4.79 Å². The molecule has 11 nitrogen and oxygen atoms in total. The Kier molecular flexibility index (Phi) is 6.82. The van der Waals surface area contributed by atoms with Gasteiger partial charge >= 0.3 is 23.8 Å². The lowest BCUT2D eigenvalue weighted by Gasteiger charge is -2.40. The largest absolute Gasteiger partial charge is 0.481 e. The molecular formula is C24H28N4O7S. The maximum atomic E-state index is 13.3. The molecule has 0 radical (unpaired) electrons. The number of carboxylic acids is 1. The van der Waals surface area contributed by atoms with Crippen molar-refractivity contribution in [1.29, 1.82) is 0 Å². The number of carboxylic acid groups (broad SMARTS) is 1. The van der Waals surface area contributed by atoms with Gasteiger partial charge in [0.2, 0.25) is 5.91 Å². The third-order valence-corrected chi connectivity index (χ3v) is 8.73. The van der Waals surface area contributed by atoms with Crippen LogP contribution in [0.3, 0.4) is 0 Å². The Labute approximate surface area is 211 Å². The van der Waals surface area contributed by atoms with Crippen LogP contribution < -0.4 is 10.6 Å². The van der Waals surface area contributed by atoms with Crippen molar-refractivity contribution in [2.24, 2.45) is 11.8 Å². The average Bonchev–Trinajstić information content (AvgIpc) is 3.10. The van der Waals surface area contributed by atoms with Crippen LogP contribution in [0.25, 0.3) is 0 Å². The standard InChI is InChI=1S/C24H28N4O7S/c1-4-27-10-11-28(21(32)20(27)31)23(35)26-15(12-8-6-5-7-9-12)19(30)25-16-17(29)13-14(22(33)34)24(2,3)36-18(13)16/h5-9,13-16,18H,4,10-11H2,1-3H3,(H,25,30)(H,26,35)(H,33,34)/t13?,14-,15?,16+,18-/m0/s1. The summed E-state index contributed by atoms with van der Waals surface area (Å²) in [6.07, 6.45) is 0. The summed E-state index contributed by atoms with van der Waals surface area (Å²) in [5, 5.41) is 14.4. The van der Waals surface area contributed by atoms with Crippen molar-refractivity contribution in [3.63, 3.8) is 0 Å². The van der Waals surface area contributed by atoms with Gasteiger partial charge in [-0.05, 0) is 26.3 Å². The molecule has 5 amide bonds. The van der Waals surface area contributed by atoms with E-state index in [4.69, 9.17) is 0 Å². The molecule has 192 valence electrons. The van der Waals surface area contributed by atoms with Crippen LogP contribution in [0.15, 0.2) is 30.3 Å². The molecule has 5 atom stereocenters. The van der Waals surface area contributed by atoms with Crippen molar-refractivity contribution in [3.05, 3.63) is 35.9 Å². The number of nitrogens with one attached hydrogen (secondary N) is 2. The Morgan fingerprint density at radius 3 is 2.39 bits per heavy atom. The first kappa shape index (κ1) is 25.7. The number of aliphatic carboxylic acids is 1. The number of urea groups is 1. The first-order valence-electron chi connectivity index (χ1n) is 11.7. The number of ketones is 1. The van der Waals surface area contributed by atoms with E-state index in [9.17, 15) is 33.9 Å². The highest BCUT2D eigenvalue weighted by molar-refractivity contribution is 8.01. The number of Topliss-reactive ketones (excluding diaryl/α,β-unsaturated/α-hetero) is 1. The molecular weight excluding hydrogens is 488 g/mol. The molecule has 2 saturated heterocycles. The zero-order valence-corrected chi connectivity index (χ0v) is 20.9. The number of imide groups is 1. The first-order chi connectivity index (χ1) is 17.0. The first-order valence-corrected chi connectivity index (χ1v) is 12.6. The van der Waals surface area contributed by atoms with E-state index >= 15 is 0 Å². The molecule has 3 fully saturated rings. The Bertz CT molecular complexity index is 1120. The summed E-state index contributed by atoms with van der Waals surface area (Å²) in [4.78, 5) is 77.7. The number of carbonyl (C=O) groups is 6. The van der Waals surface area contributed by atoms with Gasteiger partial charge in [0.25, 0.3) is 0 Å². The molecule has 1 saturated carbocycles. The fraction of sp³-hybridized carbons (Fsp3) is 0.500. The lowest BCUT2D eigenvalue weighted by Crippen LogP contribution is -2.65. The van der Waals surface area contributed by atoms with Gasteiger partial charge < -0.3 is 20.6 Å². The fourth-order valence-electron chi connectivity index (χ4n) is 5.13. The van der Waals surface area contributed by atoms with Crippen LogP contribution in [-0.4, -0.2) is 86.1 Å². The lowest BCUT2D eigenvalue weighted by atomic mass is 9.67. The molecule has 3 N–H and O–H groups in total. The summed E-state index contributed by atoms with van der Waals surface area (Å²) in [5.74, 6) is -5.40. The third kappa shape index (κ3) is 4.34. The van der Waals surface area contributed by atoms with Crippen LogP contribution in [0.1, 0.15) is 32.4 Å². The molecule has 1 aliphatic carbocycles. The number of piperazine rings is 1. The minimum Gasteiger partial charge on any atom is -0.481 e. The number of benzene rings is 1. The number of likely N-dealkylation sites (N-methyl/N-ethyl adjacent to an activating group) is 1. The van der Waals surface area contributed by atoms with Crippen molar-refractivity contribution >= 4 is 47.3 Å². The SMILES string of the molecule is CCN1CCN(C(=O)NC(C(=O)N[C@@H]2C(=O)C3[C@@H](C(=O)O)C(C)(C)S[C@@H]32)c2ccccc2)C(=O)C1=O. The maximum absolute atomic E-state index is 13.3. The number of carbonyl (C=O) groups excluding carboxylic acids is 5. The van der Waals surface area contributed by atoms with Crippen LogP contribution in [0.5, 0.6) is 0 Å². The molecule has 3 aliphatic rings. The predicted octanol–water partition coefficient (Wildman–Crippen LogP) is 0.407. The molecule has 0 spiro atoms. The molecule has 0 bridgehead atoms. The molecule has 2 heterocycles. The highest BCUT2D eigenvalue weighted by Gasteiger charge is 2.66. The Hall–Kier alpha value is -3.41. The second-order valence-electron chi connectivity index (χ2n) is 9.55. The molecule has 36 heavy (non-hydrogen) atoms. The van der Waals surface area contributed by atoms with E-state index in [1.165, 1.54) is 16.7 Å². The topological polar surface area (TPSA) is 153 Å². The quantitative estimate of drug-likeness (QED) is 0.460. The Balaban J connectivity index is 1.51. The fourth-order valence-corrected chi connectivity index (χ4v) is 7.00. The van der Waals surface area contributed by atoms with Gasteiger partial charge in [0.15, 0.2) is 5.78 Å². The van der Waals surface area contributed by atoms with Gasteiger partial charge in [-0.15, -0.1) is 11.8 Å². The number of thioether (sulfide) groups is 1. The number of rotatable bonds is 6. The lowest BCUT2D eigenvalue weighted by molar-refractivity contribution is -0.153. The number of nitrogens with zero attached hydrogens (tertiary/aromatic N) is 2. The van der Waals surface area contributed by atoms with Crippen molar-refractivity contribution in [3.8, 4) is 0 Å². The summed E-state index contributed by atoms with van der Waals surface area (Å²) in [7, 11) is 0. The summed E-state index contributed by atoms with van der Waals surface area (Å²) < 4.78 is -0.684. The van der Waals surface area contributed by atoms with E-state index in [1.54, 1.807) is 51.1 Å². The molecule has 12 heteroatoms. The van der Waals surface area contributed by atoms with Gasteiger partial charge in [-0.25, -0.2) is 4.79 Å². The molecule has 2 unspecified atom stereocenters. The summed E-state index contributed by atoms with van der Waals surface area (Å²) in [6, 6.07) is 5.28. The van der Waals surface area contributed by atoms with Crippen molar-refractivity contribution in [2.45, 2.75) is 42.9 Å². The van der Waals surface area contributed by atoms with E-state index in [2.05, 4.69) is 10.6 Å². The minimum absolute atomic E-state index is 0.0134. The minimum atomic E-state index is -1.24. The van der Waals surface area contributed by atoms with Crippen LogP contribution in [0.2, 0.25) is 0 Å². The van der Waals surface area contributed by atoms with E-state index in [-0.39, 0.29) is 18.9 Å². The molecule has 0 aromatic heterocycles. The number of fused-ring (bicyclic) bond motifs is 1. The molecule has 1 aromatic rings. The Morgan fingerprint density at radius 1 is 1.11 bits per heavy atom. The van der Waals surface area contributed by atoms with Gasteiger partial charge in [-0.3, -0.25) is 28.9 Å². The molecule has 1 aromatic carbocycles. The van der Waals surface area contributed by atoms with Gasteiger partial charge in [0.1, 0.15) is 12.1 Å². The highest BCUT2D eigenvalue weighted by Crippen LogP contribution is 2.57. The van der Waals surface area contributed by atoms with E-state index < -0.39 is 63.6 Å². The van der Waals surface area contributed by atoms with Crippen molar-refractivity contribution in [1.82, 2.24) is 20.4 Å². The van der Waals surface area contributed by atoms with Gasteiger partial charge in [0.05, 0.1) is 5.92 Å². The zero-order valence-electron chi connectivity index (χ0n) is 20.1. The van der Waals surface area contributed by atoms with Gasteiger partial charge in [-0.2, -0.15) is 0 Å². The normalized spacial score (nSPS) is 27.7. The van der Waals surface area contributed by atoms with E-state index in [0.29, 0.717) is 12.1 Å². The van der Waals surface area contributed by atoms with E-state index in [0.717, 1.165) is 4.90 Å². The highest BCUT2D eigenvalue weighted by atomic mass is 32.2. The zero-order chi connectivity index (χ0) is 26.4. The summed E-state index contributed by atoms with van der Waals surface area (Å²) in [6.45, 7) is 5.78. The van der Waals surface area contributed by atoms with Crippen molar-refractivity contribution < 1.29 is 33.9 Å². The van der Waals surface area contributed by atoms with Crippen LogP contribution in [-0.2, 0) is 24.0 Å². The molecule has 4 rings (SSSR count). The average molecular weight is 517 g/mol. The number of hydrogen-bond acceptors (Lipinski definition) is 7. The summed E-state index contributed by atoms with van der Waals surface area (Å²) in [5.41, 5.74) is 0.417. The maximum Gasteiger partial charge on any atom is 0.325 e. The van der Waals surface area contributed by atoms with E-state index in [1.807, 2.05) is 0 Å². The van der Waals surface area contributed by atoms with Crippen molar-refractivity contribution in [2.75, 3.05) is 19.6 Å². The second kappa shape index (κ2) is 9.57. The molecule has 2 aliphatic heterocycles. The van der Waals surface area contributed by atoms with Gasteiger partial charge in [-0.1, -0.05) is 30.3 Å². The predicted molar refractivity (Wildman–Crippen MR) is 129 cm³/mol. The smallest absolute Gasteiger partial charge is 0.325 e. The second-order valence-corrected chi connectivity index (χ2v) is 11.4.